The van der Waals surface area contributed by atoms with E-state index in [-0.39, 0.29) is 11.7 Å². The van der Waals surface area contributed by atoms with Crippen LogP contribution in [0.4, 0.5) is 5.69 Å². The zero-order chi connectivity index (χ0) is 19.8. The van der Waals surface area contributed by atoms with Crippen LogP contribution in [0.5, 0.6) is 17.2 Å². The molecule has 0 atom stereocenters. The van der Waals surface area contributed by atoms with Gasteiger partial charge in [0.1, 0.15) is 0 Å². The van der Waals surface area contributed by atoms with Crippen molar-refractivity contribution in [1.82, 2.24) is 0 Å². The van der Waals surface area contributed by atoms with Crippen molar-refractivity contribution < 1.29 is 23.8 Å². The molecule has 27 heavy (non-hydrogen) atoms. The van der Waals surface area contributed by atoms with Crippen molar-refractivity contribution in [3.8, 4) is 17.2 Å². The molecule has 6 heteroatoms. The molecular weight excluding hydrogens is 346 g/mol. The van der Waals surface area contributed by atoms with Crippen LogP contribution in [-0.2, 0) is 0 Å². The van der Waals surface area contributed by atoms with Gasteiger partial charge in [0.15, 0.2) is 17.3 Å². The third-order valence-electron chi connectivity index (χ3n) is 3.72. The summed E-state index contributed by atoms with van der Waals surface area (Å²) >= 11 is 0. The Morgan fingerprint density at radius 2 is 1.33 bits per heavy atom. The van der Waals surface area contributed by atoms with Gasteiger partial charge in [-0.15, -0.1) is 0 Å². The minimum atomic E-state index is -0.310. The number of rotatable bonds is 9. The molecule has 0 spiro atoms. The summed E-state index contributed by atoms with van der Waals surface area (Å²) in [6.07, 6.45) is 0. The summed E-state index contributed by atoms with van der Waals surface area (Å²) < 4.78 is 16.9. The molecule has 1 amide bonds. The Morgan fingerprint density at radius 1 is 0.815 bits per heavy atom. The number of anilines is 1. The third kappa shape index (κ3) is 5.23. The van der Waals surface area contributed by atoms with E-state index < -0.39 is 0 Å². The van der Waals surface area contributed by atoms with E-state index in [1.807, 2.05) is 20.8 Å². The largest absolute Gasteiger partial charge is 0.490 e. The minimum Gasteiger partial charge on any atom is -0.490 e. The molecular formula is C21H25NO5. The number of amides is 1. The van der Waals surface area contributed by atoms with Crippen molar-refractivity contribution in [2.75, 3.05) is 25.1 Å². The number of carbonyl (C=O) groups excluding carboxylic acids is 2. The number of ketones is 1. The van der Waals surface area contributed by atoms with Crippen LogP contribution in [0.3, 0.4) is 0 Å². The number of nitrogens with one attached hydrogen (secondary N) is 1. The van der Waals surface area contributed by atoms with E-state index in [1.165, 1.54) is 6.92 Å². The van der Waals surface area contributed by atoms with Crippen molar-refractivity contribution >= 4 is 17.4 Å². The van der Waals surface area contributed by atoms with Crippen LogP contribution in [0.1, 0.15) is 48.4 Å². The fourth-order valence-corrected chi connectivity index (χ4v) is 2.51. The summed E-state index contributed by atoms with van der Waals surface area (Å²) in [5, 5.41) is 2.81. The van der Waals surface area contributed by atoms with Crippen LogP contribution in [0, 0.1) is 0 Å². The molecule has 1 N–H and O–H groups in total. The van der Waals surface area contributed by atoms with Crippen LogP contribution >= 0.6 is 0 Å². The second-order valence-corrected chi connectivity index (χ2v) is 5.69. The molecule has 0 heterocycles. The maximum atomic E-state index is 12.7. The van der Waals surface area contributed by atoms with Crippen molar-refractivity contribution in [1.29, 1.82) is 0 Å². The van der Waals surface area contributed by atoms with Gasteiger partial charge in [-0.05, 0) is 64.1 Å². The average molecular weight is 371 g/mol. The lowest BCUT2D eigenvalue weighted by Gasteiger charge is -2.17. The van der Waals surface area contributed by atoms with Gasteiger partial charge in [0.2, 0.25) is 5.75 Å². The molecule has 144 valence electrons. The molecule has 0 aliphatic carbocycles. The van der Waals surface area contributed by atoms with Crippen molar-refractivity contribution in [3.05, 3.63) is 47.5 Å². The molecule has 0 aromatic heterocycles. The number of hydrogen-bond donors (Lipinski definition) is 1. The molecule has 0 bridgehead atoms. The summed E-state index contributed by atoms with van der Waals surface area (Å²) in [5.74, 6) is 1.07. The number of ether oxygens (including phenoxy) is 3. The van der Waals surface area contributed by atoms with Crippen molar-refractivity contribution in [2.45, 2.75) is 27.7 Å². The lowest BCUT2D eigenvalue weighted by Crippen LogP contribution is -2.13. The third-order valence-corrected chi connectivity index (χ3v) is 3.72. The van der Waals surface area contributed by atoms with Gasteiger partial charge in [0.05, 0.1) is 19.8 Å². The Kier molecular flexibility index (Phi) is 7.23. The average Bonchev–Trinajstić information content (AvgIpc) is 2.65. The molecule has 0 saturated heterocycles. The molecule has 0 radical (unpaired) electrons. The lowest BCUT2D eigenvalue weighted by atomic mass is 10.1. The second kappa shape index (κ2) is 9.62. The smallest absolute Gasteiger partial charge is 0.255 e. The Hall–Kier alpha value is -3.02. The van der Waals surface area contributed by atoms with E-state index in [1.54, 1.807) is 36.4 Å². The summed E-state index contributed by atoms with van der Waals surface area (Å²) in [6.45, 7) is 8.41. The van der Waals surface area contributed by atoms with Gasteiger partial charge in [-0.3, -0.25) is 9.59 Å². The van der Waals surface area contributed by atoms with Crippen molar-refractivity contribution in [3.63, 3.8) is 0 Å². The maximum Gasteiger partial charge on any atom is 0.255 e. The highest BCUT2D eigenvalue weighted by Gasteiger charge is 2.18. The topological polar surface area (TPSA) is 73.9 Å². The molecule has 2 rings (SSSR count). The molecule has 0 saturated carbocycles. The number of carbonyl (C=O) groups is 2. The van der Waals surface area contributed by atoms with Gasteiger partial charge in [-0.25, -0.2) is 0 Å². The van der Waals surface area contributed by atoms with Crippen LogP contribution in [0.25, 0.3) is 0 Å². The highest BCUT2D eigenvalue weighted by Crippen LogP contribution is 2.39. The van der Waals surface area contributed by atoms with E-state index in [9.17, 15) is 9.59 Å². The van der Waals surface area contributed by atoms with E-state index in [2.05, 4.69) is 5.32 Å². The first-order valence-electron chi connectivity index (χ1n) is 8.98. The molecule has 0 unspecified atom stereocenters. The Bertz CT molecular complexity index is 772. The quantitative estimate of drug-likeness (QED) is 0.664. The van der Waals surface area contributed by atoms with Gasteiger partial charge in [0.25, 0.3) is 5.91 Å². The summed E-state index contributed by atoms with van der Waals surface area (Å²) in [7, 11) is 0. The normalized spacial score (nSPS) is 10.2. The predicted molar refractivity (Wildman–Crippen MR) is 104 cm³/mol. The van der Waals surface area contributed by atoms with E-state index >= 15 is 0 Å². The van der Waals surface area contributed by atoms with Gasteiger partial charge in [-0.1, -0.05) is 0 Å². The van der Waals surface area contributed by atoms with Crippen molar-refractivity contribution in [2.24, 2.45) is 0 Å². The first-order valence-corrected chi connectivity index (χ1v) is 8.98. The lowest BCUT2D eigenvalue weighted by molar-refractivity contribution is 0.101. The SMILES string of the molecule is CCOc1cc(C(=O)Nc2ccc(C(C)=O)cc2)cc(OCC)c1OCC. The monoisotopic (exact) mass is 371 g/mol. The molecule has 0 aliphatic heterocycles. The summed E-state index contributed by atoms with van der Waals surface area (Å²) in [4.78, 5) is 24.0. The van der Waals surface area contributed by atoms with E-state index in [0.29, 0.717) is 53.9 Å². The fourth-order valence-electron chi connectivity index (χ4n) is 2.51. The first-order chi connectivity index (χ1) is 13.0. The highest BCUT2D eigenvalue weighted by molar-refractivity contribution is 6.05. The fraction of sp³-hybridized carbons (Fsp3) is 0.333. The Balaban J connectivity index is 2.32. The first kappa shape index (κ1) is 20.3. The van der Waals surface area contributed by atoms with Crippen LogP contribution in [-0.4, -0.2) is 31.5 Å². The Labute approximate surface area is 159 Å². The molecule has 2 aromatic carbocycles. The summed E-state index contributed by atoms with van der Waals surface area (Å²) in [5.41, 5.74) is 1.57. The highest BCUT2D eigenvalue weighted by atomic mass is 16.5. The number of benzene rings is 2. The molecule has 0 aliphatic rings. The minimum absolute atomic E-state index is 0.0258. The molecule has 2 aromatic rings. The zero-order valence-electron chi connectivity index (χ0n) is 16.1. The van der Waals surface area contributed by atoms with Crippen LogP contribution in [0.2, 0.25) is 0 Å². The Morgan fingerprint density at radius 3 is 1.78 bits per heavy atom. The molecule has 6 nitrogen and oxygen atoms in total. The van der Waals surface area contributed by atoms with E-state index in [4.69, 9.17) is 14.2 Å². The van der Waals surface area contributed by atoms with Gasteiger partial charge in [0, 0.05) is 16.8 Å². The standard InChI is InChI=1S/C21H25NO5/c1-5-25-18-12-16(13-19(26-6-2)20(18)27-7-3)21(24)22-17-10-8-15(9-11-17)14(4)23/h8-13H,5-7H2,1-4H3,(H,22,24). The molecule has 0 fully saturated rings. The van der Waals surface area contributed by atoms with Gasteiger partial charge < -0.3 is 19.5 Å². The van der Waals surface area contributed by atoms with Crippen LogP contribution in [0.15, 0.2) is 36.4 Å². The van der Waals surface area contributed by atoms with Gasteiger partial charge in [-0.2, -0.15) is 0 Å². The predicted octanol–water partition coefficient (Wildman–Crippen LogP) is 4.34. The summed E-state index contributed by atoms with van der Waals surface area (Å²) in [6, 6.07) is 10.00. The number of Topliss-reactive ketones (excluding diaryl/α,β-unsaturated/α-hetero) is 1. The maximum absolute atomic E-state index is 12.7. The van der Waals surface area contributed by atoms with E-state index in [0.717, 1.165) is 0 Å². The van der Waals surface area contributed by atoms with Gasteiger partial charge >= 0.3 is 0 Å². The number of hydrogen-bond acceptors (Lipinski definition) is 5. The zero-order valence-corrected chi connectivity index (χ0v) is 16.1. The van der Waals surface area contributed by atoms with Crippen LogP contribution < -0.4 is 19.5 Å². The second-order valence-electron chi connectivity index (χ2n) is 5.69.